The van der Waals surface area contributed by atoms with Crippen molar-refractivity contribution in [2.75, 3.05) is 17.8 Å². The van der Waals surface area contributed by atoms with Crippen molar-refractivity contribution in [3.63, 3.8) is 0 Å². The molecule has 0 amide bonds. The van der Waals surface area contributed by atoms with Crippen LogP contribution >= 0.6 is 0 Å². The third kappa shape index (κ3) is 4.07. The molecule has 0 aliphatic carbocycles. The molecule has 0 unspecified atom stereocenters. The Kier molecular flexibility index (Phi) is 5.54. The van der Waals surface area contributed by atoms with Gasteiger partial charge in [0.15, 0.2) is 10.7 Å². The van der Waals surface area contributed by atoms with Crippen LogP contribution in [0.15, 0.2) is 38.6 Å². The topological polar surface area (TPSA) is 119 Å². The first-order valence-corrected chi connectivity index (χ1v) is 11.6. The number of rotatable bonds is 5. The molecule has 1 aliphatic rings. The Labute approximate surface area is 164 Å². The molecule has 1 aromatic heterocycles. The molecule has 1 N–H and O–H groups in total. The minimum Gasteiger partial charge on any atom is -0.373 e. The van der Waals surface area contributed by atoms with Crippen LogP contribution in [0.2, 0.25) is 0 Å². The highest BCUT2D eigenvalue weighted by atomic mass is 32.2. The van der Waals surface area contributed by atoms with Gasteiger partial charge in [-0.15, -0.1) is 0 Å². The molecule has 1 aromatic carbocycles. The highest BCUT2D eigenvalue weighted by Crippen LogP contribution is 2.25. The molecular weight excluding hydrogens is 406 g/mol. The molecule has 28 heavy (non-hydrogen) atoms. The predicted octanol–water partition coefficient (Wildman–Crippen LogP) is 1.89. The Hall–Kier alpha value is -1.95. The first-order chi connectivity index (χ1) is 13.0. The van der Waals surface area contributed by atoms with Crippen molar-refractivity contribution in [1.29, 1.82) is 0 Å². The summed E-state index contributed by atoms with van der Waals surface area (Å²) in [5.41, 5.74) is 0.488. The SMILES string of the molecule is Cc1noc(C)c1S(=O)(=O)Nc1ccc(S(=O)(=O)N2C[C@H](C)O[C@@H](C)C2)cc1. The van der Waals surface area contributed by atoms with Gasteiger partial charge in [-0.05, 0) is 52.0 Å². The van der Waals surface area contributed by atoms with Gasteiger partial charge in [0.05, 0.1) is 17.1 Å². The largest absolute Gasteiger partial charge is 0.373 e. The zero-order valence-electron chi connectivity index (χ0n) is 16.0. The summed E-state index contributed by atoms with van der Waals surface area (Å²) in [6.45, 7) is 7.23. The van der Waals surface area contributed by atoms with Crippen LogP contribution in [0.1, 0.15) is 25.3 Å². The zero-order chi connectivity index (χ0) is 20.7. The molecule has 9 nitrogen and oxygen atoms in total. The summed E-state index contributed by atoms with van der Waals surface area (Å²) in [5, 5.41) is 3.65. The summed E-state index contributed by atoms with van der Waals surface area (Å²) >= 11 is 0. The number of aryl methyl sites for hydroxylation is 2. The van der Waals surface area contributed by atoms with E-state index in [0.29, 0.717) is 0 Å². The third-order valence-corrected chi connectivity index (χ3v) is 7.84. The van der Waals surface area contributed by atoms with Crippen LogP contribution in [0.3, 0.4) is 0 Å². The van der Waals surface area contributed by atoms with Gasteiger partial charge in [0, 0.05) is 18.8 Å². The fourth-order valence-electron chi connectivity index (χ4n) is 3.24. The lowest BCUT2D eigenvalue weighted by Gasteiger charge is -2.34. The molecule has 1 saturated heterocycles. The van der Waals surface area contributed by atoms with Gasteiger partial charge in [0.25, 0.3) is 10.0 Å². The van der Waals surface area contributed by atoms with E-state index in [4.69, 9.17) is 9.26 Å². The predicted molar refractivity (Wildman–Crippen MR) is 102 cm³/mol. The van der Waals surface area contributed by atoms with E-state index in [2.05, 4.69) is 9.88 Å². The average Bonchev–Trinajstić information content (AvgIpc) is 2.93. The first-order valence-electron chi connectivity index (χ1n) is 8.72. The van der Waals surface area contributed by atoms with Gasteiger partial charge in [-0.1, -0.05) is 5.16 Å². The van der Waals surface area contributed by atoms with Crippen molar-refractivity contribution in [3.05, 3.63) is 35.7 Å². The fourth-order valence-corrected chi connectivity index (χ4v) is 6.22. The first kappa shape index (κ1) is 20.8. The van der Waals surface area contributed by atoms with E-state index in [1.165, 1.54) is 42.4 Å². The van der Waals surface area contributed by atoms with Gasteiger partial charge in [0.2, 0.25) is 10.0 Å². The van der Waals surface area contributed by atoms with Crippen LogP contribution in [-0.4, -0.2) is 51.6 Å². The Bertz CT molecular complexity index is 1030. The van der Waals surface area contributed by atoms with E-state index in [-0.39, 0.29) is 52.2 Å². The second-order valence-electron chi connectivity index (χ2n) is 6.86. The van der Waals surface area contributed by atoms with E-state index >= 15 is 0 Å². The van der Waals surface area contributed by atoms with E-state index in [9.17, 15) is 16.8 Å². The van der Waals surface area contributed by atoms with Crippen LogP contribution in [-0.2, 0) is 24.8 Å². The Morgan fingerprint density at radius 3 is 2.11 bits per heavy atom. The molecule has 154 valence electrons. The van der Waals surface area contributed by atoms with E-state index in [1.807, 2.05) is 13.8 Å². The van der Waals surface area contributed by atoms with Gasteiger partial charge in [0.1, 0.15) is 5.69 Å². The maximum atomic E-state index is 12.9. The highest BCUT2D eigenvalue weighted by molar-refractivity contribution is 7.92. The minimum absolute atomic E-state index is 0.0273. The lowest BCUT2D eigenvalue weighted by atomic mass is 10.3. The second-order valence-corrected chi connectivity index (χ2v) is 10.4. The Balaban J connectivity index is 1.82. The molecule has 1 aliphatic heterocycles. The summed E-state index contributed by atoms with van der Waals surface area (Å²) in [5.74, 6) is 0.180. The van der Waals surface area contributed by atoms with E-state index in [0.717, 1.165) is 0 Å². The van der Waals surface area contributed by atoms with E-state index in [1.54, 1.807) is 0 Å². The second kappa shape index (κ2) is 7.47. The van der Waals surface area contributed by atoms with Gasteiger partial charge >= 0.3 is 0 Å². The molecule has 2 aromatic rings. The molecule has 3 rings (SSSR count). The monoisotopic (exact) mass is 429 g/mol. The summed E-state index contributed by atoms with van der Waals surface area (Å²) in [6, 6.07) is 5.59. The number of nitrogens with one attached hydrogen (secondary N) is 1. The number of anilines is 1. The molecule has 0 bridgehead atoms. The number of hydrogen-bond acceptors (Lipinski definition) is 7. The van der Waals surface area contributed by atoms with Crippen molar-refractivity contribution in [1.82, 2.24) is 9.46 Å². The lowest BCUT2D eigenvalue weighted by Crippen LogP contribution is -2.48. The summed E-state index contributed by atoms with van der Waals surface area (Å²) < 4.78 is 65.1. The van der Waals surface area contributed by atoms with Crippen LogP contribution in [0, 0.1) is 13.8 Å². The number of hydrogen-bond donors (Lipinski definition) is 1. The number of benzene rings is 1. The summed E-state index contributed by atoms with van der Waals surface area (Å²) in [4.78, 5) is 0.0644. The normalized spacial score (nSPS) is 21.6. The molecule has 0 saturated carbocycles. The summed E-state index contributed by atoms with van der Waals surface area (Å²) in [7, 11) is -7.59. The average molecular weight is 430 g/mol. The number of morpholine rings is 1. The standard InChI is InChI=1S/C17H23N3O6S2/c1-11-9-20(10-12(2)25-11)28(23,24)16-7-5-15(6-8-16)19-27(21,22)17-13(3)18-26-14(17)4/h5-8,11-12,19H,9-10H2,1-4H3/t11-,12-/m0/s1. The van der Waals surface area contributed by atoms with Crippen LogP contribution in [0.25, 0.3) is 0 Å². The van der Waals surface area contributed by atoms with Crippen molar-refractivity contribution in [3.8, 4) is 0 Å². The Morgan fingerprint density at radius 2 is 1.61 bits per heavy atom. The fraction of sp³-hybridized carbons (Fsp3) is 0.471. The maximum Gasteiger partial charge on any atom is 0.267 e. The van der Waals surface area contributed by atoms with Crippen molar-refractivity contribution in [2.24, 2.45) is 0 Å². The third-order valence-electron chi connectivity index (χ3n) is 4.37. The van der Waals surface area contributed by atoms with Crippen molar-refractivity contribution in [2.45, 2.75) is 49.7 Å². The van der Waals surface area contributed by atoms with Crippen LogP contribution < -0.4 is 4.72 Å². The van der Waals surface area contributed by atoms with Gasteiger partial charge in [-0.3, -0.25) is 4.72 Å². The van der Waals surface area contributed by atoms with Crippen LogP contribution in [0.4, 0.5) is 5.69 Å². The smallest absolute Gasteiger partial charge is 0.267 e. The Morgan fingerprint density at radius 1 is 1.04 bits per heavy atom. The van der Waals surface area contributed by atoms with Gasteiger partial charge < -0.3 is 9.26 Å². The lowest BCUT2D eigenvalue weighted by molar-refractivity contribution is -0.0440. The maximum absolute atomic E-state index is 12.9. The number of nitrogens with zero attached hydrogens (tertiary/aromatic N) is 2. The molecule has 0 spiro atoms. The van der Waals surface area contributed by atoms with Crippen molar-refractivity contribution < 1.29 is 26.1 Å². The summed E-state index contributed by atoms with van der Waals surface area (Å²) in [6.07, 6.45) is -0.390. The molecule has 11 heteroatoms. The van der Waals surface area contributed by atoms with Crippen molar-refractivity contribution >= 4 is 25.7 Å². The van der Waals surface area contributed by atoms with Gasteiger partial charge in [-0.25, -0.2) is 16.8 Å². The highest BCUT2D eigenvalue weighted by Gasteiger charge is 2.32. The van der Waals surface area contributed by atoms with Crippen LogP contribution in [0.5, 0.6) is 0 Å². The van der Waals surface area contributed by atoms with Gasteiger partial charge in [-0.2, -0.15) is 4.31 Å². The zero-order valence-corrected chi connectivity index (χ0v) is 17.7. The minimum atomic E-state index is -3.90. The molecule has 0 radical (unpaired) electrons. The molecule has 2 atom stereocenters. The molecule has 1 fully saturated rings. The number of ether oxygens (including phenoxy) is 1. The quantitative estimate of drug-likeness (QED) is 0.771. The number of sulfonamides is 2. The number of aromatic nitrogens is 1. The van der Waals surface area contributed by atoms with E-state index < -0.39 is 20.0 Å². The molecular formula is C17H23N3O6S2. The molecule has 2 heterocycles.